The number of ether oxygens (including phenoxy) is 1. The molecule has 0 saturated heterocycles. The number of pyridine rings is 1. The number of hydrogen-bond donors (Lipinski definition) is 1. The lowest BCUT2D eigenvalue weighted by Crippen LogP contribution is -2.11. The second-order valence-electron chi connectivity index (χ2n) is 4.36. The summed E-state index contributed by atoms with van der Waals surface area (Å²) < 4.78 is 5.31. The largest absolute Gasteiger partial charge is 0.494 e. The van der Waals surface area contributed by atoms with Crippen LogP contribution in [0.4, 0.5) is 0 Å². The van der Waals surface area contributed by atoms with Gasteiger partial charge >= 0.3 is 0 Å². The smallest absolute Gasteiger partial charge is 0.217 e. The average molecular weight is 279 g/mol. The third-order valence-electron chi connectivity index (χ3n) is 2.95. The summed E-state index contributed by atoms with van der Waals surface area (Å²) in [5.41, 5.74) is 7.68. The summed E-state index contributed by atoms with van der Waals surface area (Å²) in [5.74, 6) is 0.337. The molecule has 4 nitrogen and oxygen atoms in total. The van der Waals surface area contributed by atoms with Crippen LogP contribution < -0.4 is 10.5 Å². The fraction of sp³-hybridized carbons (Fsp3) is 0.286. The maximum absolute atomic E-state index is 10.9. The van der Waals surface area contributed by atoms with Crippen molar-refractivity contribution in [3.8, 4) is 5.75 Å². The van der Waals surface area contributed by atoms with E-state index in [1.54, 1.807) is 13.2 Å². The molecule has 0 bridgehead atoms. The van der Waals surface area contributed by atoms with Crippen molar-refractivity contribution in [3.63, 3.8) is 0 Å². The number of benzene rings is 1. The first-order valence-electron chi connectivity index (χ1n) is 5.94. The van der Waals surface area contributed by atoms with Crippen molar-refractivity contribution in [2.45, 2.75) is 19.8 Å². The van der Waals surface area contributed by atoms with Crippen molar-refractivity contribution < 1.29 is 9.53 Å². The molecule has 2 aromatic rings. The van der Waals surface area contributed by atoms with Crippen molar-refractivity contribution in [2.24, 2.45) is 5.73 Å². The Morgan fingerprint density at radius 2 is 2.21 bits per heavy atom. The number of nitrogens with two attached hydrogens (primary N) is 1. The highest BCUT2D eigenvalue weighted by atomic mass is 35.5. The van der Waals surface area contributed by atoms with Crippen LogP contribution in [0.3, 0.4) is 0 Å². The standard InChI is InChI=1S/C14H15ClN2O2/c1-8-7-10(15)13-9(4-6-12(16)18)3-5-11(19-2)14(13)17-8/h3,5,7H,4,6H2,1-2H3,(H2,16,18). The molecule has 1 aromatic carbocycles. The monoisotopic (exact) mass is 278 g/mol. The minimum Gasteiger partial charge on any atom is -0.494 e. The highest BCUT2D eigenvalue weighted by Crippen LogP contribution is 2.33. The van der Waals surface area contributed by atoms with Gasteiger partial charge < -0.3 is 10.5 Å². The second-order valence-corrected chi connectivity index (χ2v) is 4.77. The zero-order chi connectivity index (χ0) is 14.0. The third kappa shape index (κ3) is 2.79. The van der Waals surface area contributed by atoms with Gasteiger partial charge in [0, 0.05) is 17.5 Å². The number of halogens is 1. The summed E-state index contributed by atoms with van der Waals surface area (Å²) >= 11 is 6.30. The molecule has 0 fully saturated rings. The van der Waals surface area contributed by atoms with Crippen LogP contribution in [-0.4, -0.2) is 18.0 Å². The summed E-state index contributed by atoms with van der Waals surface area (Å²) in [7, 11) is 1.59. The van der Waals surface area contributed by atoms with Gasteiger partial charge in [-0.05, 0) is 31.0 Å². The average Bonchev–Trinajstić information content (AvgIpc) is 2.35. The first-order valence-corrected chi connectivity index (χ1v) is 6.31. The quantitative estimate of drug-likeness (QED) is 0.935. The van der Waals surface area contributed by atoms with Crippen LogP contribution in [0, 0.1) is 6.92 Å². The zero-order valence-electron chi connectivity index (χ0n) is 10.9. The number of carbonyl (C=O) groups is 1. The Morgan fingerprint density at radius 3 is 2.84 bits per heavy atom. The second kappa shape index (κ2) is 5.45. The lowest BCUT2D eigenvalue weighted by atomic mass is 10.0. The van der Waals surface area contributed by atoms with Gasteiger partial charge in [0.05, 0.1) is 12.1 Å². The number of fused-ring (bicyclic) bond motifs is 1. The number of nitrogens with zero attached hydrogens (tertiary/aromatic N) is 1. The third-order valence-corrected chi connectivity index (χ3v) is 3.25. The summed E-state index contributed by atoms with van der Waals surface area (Å²) in [5, 5.41) is 1.44. The number of rotatable bonds is 4. The molecule has 0 aliphatic rings. The van der Waals surface area contributed by atoms with E-state index in [9.17, 15) is 4.79 Å². The van der Waals surface area contributed by atoms with E-state index in [1.165, 1.54) is 0 Å². The molecule has 19 heavy (non-hydrogen) atoms. The van der Waals surface area contributed by atoms with E-state index in [1.807, 2.05) is 19.1 Å². The van der Waals surface area contributed by atoms with Crippen LogP contribution in [0.5, 0.6) is 5.75 Å². The fourth-order valence-electron chi connectivity index (χ4n) is 2.09. The van der Waals surface area contributed by atoms with E-state index in [2.05, 4.69) is 4.98 Å². The molecule has 5 heteroatoms. The van der Waals surface area contributed by atoms with Crippen LogP contribution >= 0.6 is 11.6 Å². The van der Waals surface area contributed by atoms with E-state index >= 15 is 0 Å². The Hall–Kier alpha value is -1.81. The number of methoxy groups -OCH3 is 1. The van der Waals surface area contributed by atoms with Gasteiger partial charge in [-0.25, -0.2) is 4.98 Å². The van der Waals surface area contributed by atoms with Gasteiger partial charge in [0.25, 0.3) is 0 Å². The molecule has 0 saturated carbocycles. The van der Waals surface area contributed by atoms with E-state index in [0.717, 1.165) is 22.2 Å². The Balaban J connectivity index is 2.63. The van der Waals surface area contributed by atoms with Crippen LogP contribution in [0.15, 0.2) is 18.2 Å². The van der Waals surface area contributed by atoms with Crippen LogP contribution in [0.1, 0.15) is 17.7 Å². The number of primary amides is 1. The van der Waals surface area contributed by atoms with Crippen molar-refractivity contribution in [1.29, 1.82) is 0 Å². The number of hydrogen-bond acceptors (Lipinski definition) is 3. The molecule has 100 valence electrons. The van der Waals surface area contributed by atoms with Crippen LogP contribution in [0.25, 0.3) is 10.9 Å². The minimum atomic E-state index is -0.333. The molecule has 0 aliphatic heterocycles. The molecule has 1 aromatic heterocycles. The maximum atomic E-state index is 10.9. The van der Waals surface area contributed by atoms with Gasteiger partial charge in [0.1, 0.15) is 11.3 Å². The highest BCUT2D eigenvalue weighted by Gasteiger charge is 2.12. The molecule has 1 amide bonds. The lowest BCUT2D eigenvalue weighted by molar-refractivity contribution is -0.117. The Labute approximate surface area is 116 Å². The molecule has 0 unspecified atom stereocenters. The molecular weight excluding hydrogens is 264 g/mol. The Bertz CT molecular complexity index is 641. The number of amides is 1. The number of aryl methyl sites for hydroxylation is 2. The predicted molar refractivity (Wildman–Crippen MR) is 75.6 cm³/mol. The SMILES string of the molecule is COc1ccc(CCC(N)=O)c2c(Cl)cc(C)nc12. The summed E-state index contributed by atoms with van der Waals surface area (Å²) in [6.45, 7) is 1.88. The van der Waals surface area contributed by atoms with E-state index < -0.39 is 0 Å². The van der Waals surface area contributed by atoms with Gasteiger partial charge in [-0.3, -0.25) is 4.79 Å². The molecule has 0 atom stereocenters. The topological polar surface area (TPSA) is 65.2 Å². The van der Waals surface area contributed by atoms with Gasteiger partial charge in [0.15, 0.2) is 0 Å². The van der Waals surface area contributed by atoms with Crippen LogP contribution in [0.2, 0.25) is 5.02 Å². The summed E-state index contributed by atoms with van der Waals surface area (Å²) in [6.07, 6.45) is 0.825. The van der Waals surface area contributed by atoms with Gasteiger partial charge in [-0.2, -0.15) is 0 Å². The first kappa shape index (κ1) is 13.6. The fourth-order valence-corrected chi connectivity index (χ4v) is 2.46. The normalized spacial score (nSPS) is 10.7. The Kier molecular flexibility index (Phi) is 3.90. The van der Waals surface area contributed by atoms with Gasteiger partial charge in [-0.15, -0.1) is 0 Å². The van der Waals surface area contributed by atoms with Crippen LogP contribution in [-0.2, 0) is 11.2 Å². The highest BCUT2D eigenvalue weighted by molar-refractivity contribution is 6.35. The summed E-state index contributed by atoms with van der Waals surface area (Å²) in [4.78, 5) is 15.4. The summed E-state index contributed by atoms with van der Waals surface area (Å²) in [6, 6.07) is 5.53. The predicted octanol–water partition coefficient (Wildman–Crippen LogP) is 2.62. The number of aromatic nitrogens is 1. The maximum Gasteiger partial charge on any atom is 0.217 e. The number of carbonyl (C=O) groups excluding carboxylic acids is 1. The molecular formula is C14H15ClN2O2. The van der Waals surface area contributed by atoms with Crippen molar-refractivity contribution >= 4 is 28.4 Å². The van der Waals surface area contributed by atoms with Gasteiger partial charge in [-0.1, -0.05) is 17.7 Å². The molecule has 0 spiro atoms. The van der Waals surface area contributed by atoms with Crippen molar-refractivity contribution in [3.05, 3.63) is 34.5 Å². The molecule has 0 radical (unpaired) electrons. The van der Waals surface area contributed by atoms with E-state index in [4.69, 9.17) is 22.1 Å². The Morgan fingerprint density at radius 1 is 1.47 bits per heavy atom. The van der Waals surface area contributed by atoms with E-state index in [-0.39, 0.29) is 12.3 Å². The zero-order valence-corrected chi connectivity index (χ0v) is 11.6. The molecule has 2 rings (SSSR count). The van der Waals surface area contributed by atoms with Gasteiger partial charge in [0.2, 0.25) is 5.91 Å². The molecule has 2 N–H and O–H groups in total. The molecule has 0 aliphatic carbocycles. The van der Waals surface area contributed by atoms with E-state index in [0.29, 0.717) is 17.2 Å². The lowest BCUT2D eigenvalue weighted by Gasteiger charge is -2.11. The first-order chi connectivity index (χ1) is 9.02. The minimum absolute atomic E-state index is 0.283. The molecule has 1 heterocycles. The van der Waals surface area contributed by atoms with Crippen molar-refractivity contribution in [1.82, 2.24) is 4.98 Å². The van der Waals surface area contributed by atoms with Crippen molar-refractivity contribution in [2.75, 3.05) is 7.11 Å².